The third-order valence-electron chi connectivity index (χ3n) is 4.56. The number of esters is 1. The SMILES string of the molecule is CCCCCCO.CCCCCCOC(=O)[C@@](C)(Cl)CC.CC[C@](C)(N)C(=O)O.N. The van der Waals surface area contributed by atoms with Crippen molar-refractivity contribution in [2.75, 3.05) is 13.2 Å². The number of nitrogens with two attached hydrogens (primary N) is 1. The Bertz CT molecular complexity index is 401. The second-order valence-electron chi connectivity index (χ2n) is 7.61. The van der Waals surface area contributed by atoms with Crippen LogP contribution < -0.4 is 11.9 Å². The number of carboxylic acid groups (broad SMARTS) is 1. The average Bonchev–Trinajstić information content (AvgIpc) is 2.69. The molecule has 0 spiro atoms. The van der Waals surface area contributed by atoms with Gasteiger partial charge in [0.1, 0.15) is 10.4 Å². The van der Waals surface area contributed by atoms with Crippen molar-refractivity contribution in [1.82, 2.24) is 6.15 Å². The van der Waals surface area contributed by atoms with Crippen molar-refractivity contribution >= 4 is 23.5 Å². The molecule has 0 aliphatic carbocycles. The fourth-order valence-corrected chi connectivity index (χ4v) is 1.73. The molecule has 0 heterocycles. The van der Waals surface area contributed by atoms with Crippen LogP contribution in [0.15, 0.2) is 0 Å². The molecule has 0 fully saturated rings. The number of carboxylic acids is 1. The predicted octanol–water partition coefficient (Wildman–Crippen LogP) is 5.44. The molecule has 7 nitrogen and oxygen atoms in total. The van der Waals surface area contributed by atoms with Gasteiger partial charge in [0.2, 0.25) is 0 Å². The fourth-order valence-electron chi connectivity index (χ4n) is 1.68. The number of aliphatic hydroxyl groups is 1. The molecule has 0 rings (SSSR count). The summed E-state index contributed by atoms with van der Waals surface area (Å²) in [7, 11) is 0. The van der Waals surface area contributed by atoms with E-state index in [-0.39, 0.29) is 12.1 Å². The lowest BCUT2D eigenvalue weighted by Gasteiger charge is -2.17. The monoisotopic (exact) mass is 456 g/mol. The van der Waals surface area contributed by atoms with Gasteiger partial charge in [-0.2, -0.15) is 0 Å². The first-order chi connectivity index (χ1) is 13.5. The zero-order valence-electron chi connectivity index (χ0n) is 20.3. The summed E-state index contributed by atoms with van der Waals surface area (Å²) in [5.74, 6) is -1.24. The molecule has 0 aromatic heterocycles. The summed E-state index contributed by atoms with van der Waals surface area (Å²) in [4.78, 5) is 20.7. The van der Waals surface area contributed by atoms with Crippen molar-refractivity contribution in [1.29, 1.82) is 0 Å². The van der Waals surface area contributed by atoms with E-state index in [4.69, 9.17) is 32.3 Å². The summed E-state index contributed by atoms with van der Waals surface area (Å²) in [6.45, 7) is 12.0. The third kappa shape index (κ3) is 23.4. The molecule has 8 heteroatoms. The second kappa shape index (κ2) is 22.8. The summed E-state index contributed by atoms with van der Waals surface area (Å²) < 4.78 is 5.07. The van der Waals surface area contributed by atoms with Gasteiger partial charge in [-0.3, -0.25) is 9.59 Å². The quantitative estimate of drug-likeness (QED) is 0.164. The van der Waals surface area contributed by atoms with Gasteiger partial charge in [0, 0.05) is 6.61 Å². The number of carbonyl (C=O) groups excluding carboxylic acids is 1. The summed E-state index contributed by atoms with van der Waals surface area (Å²) in [5, 5.41) is 16.6. The number of aliphatic carboxylic acids is 1. The molecule has 0 aromatic rings. The minimum Gasteiger partial charge on any atom is -0.480 e. The molecule has 0 radical (unpaired) electrons. The summed E-state index contributed by atoms with van der Waals surface area (Å²) in [6.07, 6.45) is 10.2. The van der Waals surface area contributed by atoms with E-state index in [0.717, 1.165) is 19.3 Å². The third-order valence-corrected chi connectivity index (χ3v) is 4.98. The number of ether oxygens (including phenoxy) is 1. The first kappa shape index (κ1) is 36.5. The van der Waals surface area contributed by atoms with Gasteiger partial charge in [0.25, 0.3) is 0 Å². The van der Waals surface area contributed by atoms with Crippen LogP contribution in [0.5, 0.6) is 0 Å². The van der Waals surface area contributed by atoms with E-state index in [9.17, 15) is 9.59 Å². The maximum Gasteiger partial charge on any atom is 0.326 e. The lowest BCUT2D eigenvalue weighted by molar-refractivity contribution is -0.146. The van der Waals surface area contributed by atoms with Gasteiger partial charge in [-0.15, -0.1) is 11.6 Å². The summed E-state index contributed by atoms with van der Waals surface area (Å²) >= 11 is 5.94. The number of hydrogen-bond donors (Lipinski definition) is 4. The molecule has 2 atom stereocenters. The molecule has 184 valence electrons. The maximum absolute atomic E-state index is 11.4. The Hall–Kier alpha value is -0.890. The van der Waals surface area contributed by atoms with Crippen LogP contribution in [0.2, 0.25) is 0 Å². The molecule has 7 N–H and O–H groups in total. The standard InChI is InChI=1S/C11H21ClO2.C6H14O.C5H11NO2.H3N/c1-4-6-7-8-9-14-10(13)11(3,12)5-2;1-2-3-4-5-6-7;1-3-5(2,6)4(7)8;/h4-9H2,1-3H3;7H,2-6H2,1H3;3,6H2,1-2H3,(H,7,8);1H3/t11-;;5-;/m0.0./s1. The van der Waals surface area contributed by atoms with E-state index in [0.29, 0.717) is 26.1 Å². The number of alkyl halides is 1. The molecule has 0 unspecified atom stereocenters. The van der Waals surface area contributed by atoms with Crippen molar-refractivity contribution < 1.29 is 24.5 Å². The highest BCUT2D eigenvalue weighted by Gasteiger charge is 2.29. The number of halogens is 1. The first-order valence-electron chi connectivity index (χ1n) is 11.0. The van der Waals surface area contributed by atoms with Crippen LogP contribution in [0, 0.1) is 0 Å². The topological polar surface area (TPSA) is 145 Å². The number of carbonyl (C=O) groups is 2. The van der Waals surface area contributed by atoms with Crippen molar-refractivity contribution in [2.45, 2.75) is 116 Å². The van der Waals surface area contributed by atoms with E-state index < -0.39 is 16.4 Å². The van der Waals surface area contributed by atoms with Crippen LogP contribution in [0.4, 0.5) is 0 Å². The molecule has 0 aliphatic rings. The highest BCUT2D eigenvalue weighted by Crippen LogP contribution is 2.20. The smallest absolute Gasteiger partial charge is 0.326 e. The van der Waals surface area contributed by atoms with Gasteiger partial charge >= 0.3 is 11.9 Å². The van der Waals surface area contributed by atoms with Crippen LogP contribution in [0.25, 0.3) is 0 Å². The number of unbranched alkanes of at least 4 members (excludes halogenated alkanes) is 6. The average molecular weight is 457 g/mol. The Morgan fingerprint density at radius 3 is 1.67 bits per heavy atom. The molecule has 0 saturated heterocycles. The number of rotatable bonds is 13. The Labute approximate surface area is 189 Å². The molecular weight excluding hydrogens is 408 g/mol. The molecule has 0 saturated carbocycles. The Morgan fingerprint density at radius 2 is 1.37 bits per heavy atom. The predicted molar refractivity (Wildman–Crippen MR) is 126 cm³/mol. The van der Waals surface area contributed by atoms with Crippen molar-refractivity contribution in [3.8, 4) is 0 Å². The summed E-state index contributed by atoms with van der Waals surface area (Å²) in [6, 6.07) is 0. The highest BCUT2D eigenvalue weighted by molar-refractivity contribution is 6.33. The van der Waals surface area contributed by atoms with E-state index >= 15 is 0 Å². The van der Waals surface area contributed by atoms with E-state index in [1.54, 1.807) is 13.8 Å². The largest absolute Gasteiger partial charge is 0.480 e. The second-order valence-corrected chi connectivity index (χ2v) is 8.44. The van der Waals surface area contributed by atoms with Crippen molar-refractivity contribution in [3.05, 3.63) is 0 Å². The lowest BCUT2D eigenvalue weighted by Crippen LogP contribution is -2.43. The van der Waals surface area contributed by atoms with Crippen molar-refractivity contribution in [2.24, 2.45) is 5.73 Å². The van der Waals surface area contributed by atoms with Gasteiger partial charge in [-0.25, -0.2) is 0 Å². The zero-order valence-corrected chi connectivity index (χ0v) is 21.0. The van der Waals surface area contributed by atoms with Gasteiger partial charge in [0.05, 0.1) is 6.61 Å². The van der Waals surface area contributed by atoms with Crippen LogP contribution in [-0.2, 0) is 14.3 Å². The highest BCUT2D eigenvalue weighted by atomic mass is 35.5. The Morgan fingerprint density at radius 1 is 0.900 bits per heavy atom. The number of aliphatic hydroxyl groups excluding tert-OH is 1. The van der Waals surface area contributed by atoms with Gasteiger partial charge in [-0.1, -0.05) is 66.2 Å². The Balaban J connectivity index is -0.000000181. The molecule has 0 bridgehead atoms. The van der Waals surface area contributed by atoms with E-state index in [1.165, 1.54) is 39.0 Å². The molecular formula is C22H49ClN2O5. The lowest BCUT2D eigenvalue weighted by atomic mass is 10.0. The van der Waals surface area contributed by atoms with Crippen LogP contribution in [-0.4, -0.2) is 45.8 Å². The number of hydrogen-bond acceptors (Lipinski definition) is 6. The molecule has 0 aromatic carbocycles. The minimum atomic E-state index is -1.04. The summed E-state index contributed by atoms with van der Waals surface area (Å²) in [5.41, 5.74) is 4.22. The first-order valence-corrected chi connectivity index (χ1v) is 11.3. The van der Waals surface area contributed by atoms with Crippen LogP contribution in [0.1, 0.15) is 106 Å². The van der Waals surface area contributed by atoms with Crippen molar-refractivity contribution in [3.63, 3.8) is 0 Å². The normalized spacial score (nSPS) is 13.8. The van der Waals surface area contributed by atoms with Crippen LogP contribution in [0.3, 0.4) is 0 Å². The van der Waals surface area contributed by atoms with Crippen LogP contribution >= 0.6 is 11.6 Å². The maximum atomic E-state index is 11.4. The molecule has 0 aliphatic heterocycles. The van der Waals surface area contributed by atoms with Gasteiger partial charge in [-0.05, 0) is 39.5 Å². The Kier molecular flexibility index (Phi) is 27.7. The molecule has 30 heavy (non-hydrogen) atoms. The van der Waals surface area contributed by atoms with Gasteiger partial charge in [0.15, 0.2) is 0 Å². The zero-order chi connectivity index (χ0) is 23.3. The minimum absolute atomic E-state index is 0. The van der Waals surface area contributed by atoms with E-state index in [2.05, 4.69) is 13.8 Å². The van der Waals surface area contributed by atoms with E-state index in [1.807, 2.05) is 6.92 Å². The van der Waals surface area contributed by atoms with Gasteiger partial charge < -0.3 is 26.8 Å². The fraction of sp³-hybridized carbons (Fsp3) is 0.909. The molecule has 0 amide bonds.